The maximum absolute atomic E-state index is 9.61. The van der Waals surface area contributed by atoms with Crippen LogP contribution in [-0.2, 0) is 0 Å². The molecule has 0 heterocycles. The molecule has 0 aromatic heterocycles. The van der Waals surface area contributed by atoms with Gasteiger partial charge in [-0.3, -0.25) is 0 Å². The van der Waals surface area contributed by atoms with Crippen LogP contribution in [0.15, 0.2) is 0 Å². The average molecular weight is 154 g/mol. The predicted octanol–water partition coefficient (Wildman–Crippen LogP) is 2.05. The zero-order valence-corrected chi connectivity index (χ0v) is 7.67. The first-order valence-corrected chi connectivity index (χ1v) is 4.76. The van der Waals surface area contributed by atoms with Gasteiger partial charge in [-0.05, 0) is 36.0 Å². The predicted molar refractivity (Wildman–Crippen MR) is 45.2 cm³/mol. The van der Waals surface area contributed by atoms with E-state index in [0.717, 1.165) is 18.3 Å². The molecule has 2 fully saturated rings. The van der Waals surface area contributed by atoms with Crippen LogP contribution < -0.4 is 0 Å². The van der Waals surface area contributed by atoms with Crippen LogP contribution in [0, 0.1) is 23.2 Å². The highest BCUT2D eigenvalue weighted by atomic mass is 16.3. The smallest absolute Gasteiger partial charge is 0.0574 e. The van der Waals surface area contributed by atoms with Gasteiger partial charge in [-0.25, -0.2) is 0 Å². The highest BCUT2D eigenvalue weighted by Crippen LogP contribution is 2.69. The van der Waals surface area contributed by atoms with E-state index in [0.29, 0.717) is 11.3 Å². The molecule has 0 amide bonds. The van der Waals surface area contributed by atoms with Gasteiger partial charge in [-0.1, -0.05) is 20.8 Å². The van der Waals surface area contributed by atoms with Crippen molar-refractivity contribution in [2.45, 2.75) is 39.7 Å². The highest BCUT2D eigenvalue weighted by Gasteiger charge is 2.64. The first-order valence-electron chi connectivity index (χ1n) is 4.76. The van der Waals surface area contributed by atoms with Crippen molar-refractivity contribution < 1.29 is 5.11 Å². The summed E-state index contributed by atoms with van der Waals surface area (Å²) in [5, 5.41) is 9.61. The van der Waals surface area contributed by atoms with E-state index in [1.54, 1.807) is 0 Å². The molecule has 2 aliphatic carbocycles. The minimum atomic E-state index is -0.00356. The molecule has 2 saturated carbocycles. The molecule has 0 unspecified atom stereocenters. The number of rotatable bonds is 1. The Morgan fingerprint density at radius 1 is 1.36 bits per heavy atom. The zero-order valence-electron chi connectivity index (χ0n) is 7.67. The lowest BCUT2D eigenvalue weighted by Gasteiger charge is -2.17. The molecular weight excluding hydrogens is 136 g/mol. The van der Waals surface area contributed by atoms with Crippen LogP contribution in [0.25, 0.3) is 0 Å². The van der Waals surface area contributed by atoms with Gasteiger partial charge in [0.15, 0.2) is 0 Å². The Hall–Kier alpha value is -0.0400. The van der Waals surface area contributed by atoms with Crippen LogP contribution in [0.3, 0.4) is 0 Å². The number of hydrogen-bond donors (Lipinski definition) is 1. The average Bonchev–Trinajstić information content (AvgIpc) is 2.57. The molecule has 4 atom stereocenters. The van der Waals surface area contributed by atoms with Crippen molar-refractivity contribution >= 4 is 0 Å². The van der Waals surface area contributed by atoms with E-state index < -0.39 is 0 Å². The lowest BCUT2D eigenvalue weighted by Crippen LogP contribution is -2.15. The SMILES string of the molecule is CC(C)[C@@]12C[C@@H](O)[C@@H](C)[C@@H]1C2. The molecule has 64 valence electrons. The van der Waals surface area contributed by atoms with Crippen molar-refractivity contribution in [1.29, 1.82) is 0 Å². The molecule has 1 nitrogen and oxygen atoms in total. The van der Waals surface area contributed by atoms with Crippen LogP contribution in [0.5, 0.6) is 0 Å². The van der Waals surface area contributed by atoms with Gasteiger partial charge >= 0.3 is 0 Å². The molecule has 1 heteroatoms. The van der Waals surface area contributed by atoms with Crippen LogP contribution >= 0.6 is 0 Å². The summed E-state index contributed by atoms with van der Waals surface area (Å²) >= 11 is 0. The monoisotopic (exact) mass is 154 g/mol. The quantitative estimate of drug-likeness (QED) is 0.613. The molecule has 0 spiro atoms. The maximum atomic E-state index is 9.61. The van der Waals surface area contributed by atoms with Crippen molar-refractivity contribution in [3.8, 4) is 0 Å². The van der Waals surface area contributed by atoms with Crippen molar-refractivity contribution in [2.75, 3.05) is 0 Å². The first-order chi connectivity index (χ1) is 5.08. The Labute approximate surface area is 68.8 Å². The Kier molecular flexibility index (Phi) is 1.39. The molecule has 0 aliphatic heterocycles. The van der Waals surface area contributed by atoms with Gasteiger partial charge in [-0.2, -0.15) is 0 Å². The molecule has 0 radical (unpaired) electrons. The van der Waals surface area contributed by atoms with Gasteiger partial charge < -0.3 is 5.11 Å². The normalized spacial score (nSPS) is 54.8. The minimum Gasteiger partial charge on any atom is -0.393 e. The van der Waals surface area contributed by atoms with Gasteiger partial charge in [0.2, 0.25) is 0 Å². The Balaban J connectivity index is 2.13. The Morgan fingerprint density at radius 3 is 2.27 bits per heavy atom. The summed E-state index contributed by atoms with van der Waals surface area (Å²) in [6.07, 6.45) is 2.44. The second kappa shape index (κ2) is 2.01. The van der Waals surface area contributed by atoms with E-state index in [9.17, 15) is 5.11 Å². The van der Waals surface area contributed by atoms with E-state index in [1.807, 2.05) is 0 Å². The van der Waals surface area contributed by atoms with Crippen LogP contribution in [0.2, 0.25) is 0 Å². The van der Waals surface area contributed by atoms with E-state index in [1.165, 1.54) is 6.42 Å². The zero-order chi connectivity index (χ0) is 8.22. The molecule has 11 heavy (non-hydrogen) atoms. The molecule has 1 N–H and O–H groups in total. The van der Waals surface area contributed by atoms with Gasteiger partial charge in [-0.15, -0.1) is 0 Å². The molecule has 2 aliphatic rings. The number of fused-ring (bicyclic) bond motifs is 1. The summed E-state index contributed by atoms with van der Waals surface area (Å²) in [6, 6.07) is 0. The lowest BCUT2D eigenvalue weighted by atomic mass is 9.89. The topological polar surface area (TPSA) is 20.2 Å². The Bertz CT molecular complexity index is 176. The van der Waals surface area contributed by atoms with Crippen molar-refractivity contribution in [2.24, 2.45) is 23.2 Å². The third kappa shape index (κ3) is 0.807. The van der Waals surface area contributed by atoms with E-state index in [-0.39, 0.29) is 6.10 Å². The van der Waals surface area contributed by atoms with E-state index in [2.05, 4.69) is 20.8 Å². The third-order valence-electron chi connectivity index (χ3n) is 4.16. The molecule has 0 aromatic rings. The fraction of sp³-hybridized carbons (Fsp3) is 1.00. The first kappa shape index (κ1) is 7.60. The number of hydrogen-bond acceptors (Lipinski definition) is 1. The van der Waals surface area contributed by atoms with Crippen LogP contribution in [0.4, 0.5) is 0 Å². The van der Waals surface area contributed by atoms with E-state index in [4.69, 9.17) is 0 Å². The van der Waals surface area contributed by atoms with Crippen molar-refractivity contribution in [3.63, 3.8) is 0 Å². The van der Waals surface area contributed by atoms with Gasteiger partial charge in [0.05, 0.1) is 6.10 Å². The van der Waals surface area contributed by atoms with Gasteiger partial charge in [0, 0.05) is 0 Å². The van der Waals surface area contributed by atoms with Gasteiger partial charge in [0.1, 0.15) is 0 Å². The molecule has 0 bridgehead atoms. The fourth-order valence-corrected chi connectivity index (χ4v) is 3.04. The lowest BCUT2D eigenvalue weighted by molar-refractivity contribution is 0.113. The molecular formula is C10H18O. The van der Waals surface area contributed by atoms with Gasteiger partial charge in [0.25, 0.3) is 0 Å². The number of aliphatic hydroxyl groups excluding tert-OH is 1. The van der Waals surface area contributed by atoms with Crippen LogP contribution in [-0.4, -0.2) is 11.2 Å². The summed E-state index contributed by atoms with van der Waals surface area (Å²) < 4.78 is 0. The van der Waals surface area contributed by atoms with Crippen LogP contribution in [0.1, 0.15) is 33.6 Å². The maximum Gasteiger partial charge on any atom is 0.0574 e. The number of aliphatic hydroxyl groups is 1. The molecule has 0 aromatic carbocycles. The fourth-order valence-electron chi connectivity index (χ4n) is 3.04. The third-order valence-corrected chi connectivity index (χ3v) is 4.16. The standard InChI is InChI=1S/C10H18O/c1-6(2)10-4-8(10)7(3)9(11)5-10/h6-9,11H,4-5H2,1-3H3/t7-,8-,9+,10+/m0/s1. The summed E-state index contributed by atoms with van der Waals surface area (Å²) in [7, 11) is 0. The summed E-state index contributed by atoms with van der Waals surface area (Å²) in [5.41, 5.74) is 0.554. The summed E-state index contributed by atoms with van der Waals surface area (Å²) in [4.78, 5) is 0. The van der Waals surface area contributed by atoms with Crippen molar-refractivity contribution in [1.82, 2.24) is 0 Å². The highest BCUT2D eigenvalue weighted by molar-refractivity contribution is 5.13. The second-order valence-electron chi connectivity index (χ2n) is 4.83. The molecule has 0 saturated heterocycles. The minimum absolute atomic E-state index is 0.00356. The van der Waals surface area contributed by atoms with Crippen molar-refractivity contribution in [3.05, 3.63) is 0 Å². The Morgan fingerprint density at radius 2 is 2.00 bits per heavy atom. The largest absolute Gasteiger partial charge is 0.393 e. The summed E-state index contributed by atoms with van der Waals surface area (Å²) in [5.74, 6) is 2.18. The molecule has 2 rings (SSSR count). The van der Waals surface area contributed by atoms with E-state index >= 15 is 0 Å². The second-order valence-corrected chi connectivity index (χ2v) is 4.83. The summed E-state index contributed by atoms with van der Waals surface area (Å²) in [6.45, 7) is 6.79.